The minimum absolute atomic E-state index is 0.158. The quantitative estimate of drug-likeness (QED) is 0.750. The summed E-state index contributed by atoms with van der Waals surface area (Å²) in [5, 5.41) is 4.72. The third-order valence-electron chi connectivity index (χ3n) is 3.73. The van der Waals surface area contributed by atoms with Crippen LogP contribution in [0, 0.1) is 6.92 Å². The first-order valence-corrected chi connectivity index (χ1v) is 7.47. The summed E-state index contributed by atoms with van der Waals surface area (Å²) >= 11 is 0. The van der Waals surface area contributed by atoms with Gasteiger partial charge in [-0.25, -0.2) is 4.98 Å². The molecule has 1 aromatic carbocycles. The molecule has 1 N–H and O–H groups in total. The van der Waals surface area contributed by atoms with Gasteiger partial charge in [0.1, 0.15) is 17.2 Å². The van der Waals surface area contributed by atoms with Crippen molar-refractivity contribution in [3.8, 4) is 0 Å². The average Bonchev–Trinajstić information content (AvgIpc) is 3.09. The number of aryl methyl sites for hydroxylation is 1. The van der Waals surface area contributed by atoms with E-state index in [2.05, 4.69) is 33.9 Å². The molecule has 0 aliphatic rings. The predicted octanol–water partition coefficient (Wildman–Crippen LogP) is 3.68. The Morgan fingerprint density at radius 3 is 2.90 bits per heavy atom. The Balaban J connectivity index is 1.88. The molecule has 3 rings (SSSR count). The molecule has 2 aromatic heterocycles. The normalized spacial score (nSPS) is 12.9. The number of hydrogen-bond acceptors (Lipinski definition) is 3. The van der Waals surface area contributed by atoms with Crippen LogP contribution in [0.15, 0.2) is 47.1 Å². The lowest BCUT2D eigenvalue weighted by molar-refractivity contribution is 0.387. The van der Waals surface area contributed by atoms with Gasteiger partial charge in [-0.1, -0.05) is 25.1 Å². The molecule has 4 nitrogen and oxygen atoms in total. The van der Waals surface area contributed by atoms with Gasteiger partial charge in [0.2, 0.25) is 0 Å². The predicted molar refractivity (Wildman–Crippen MR) is 84.2 cm³/mol. The van der Waals surface area contributed by atoms with Gasteiger partial charge >= 0.3 is 0 Å². The number of fused-ring (bicyclic) bond motifs is 1. The maximum atomic E-state index is 6.02. The topological polar surface area (TPSA) is 43.0 Å². The highest BCUT2D eigenvalue weighted by atomic mass is 16.3. The summed E-state index contributed by atoms with van der Waals surface area (Å²) in [6.45, 7) is 5.99. The fourth-order valence-corrected chi connectivity index (χ4v) is 2.54. The molecular formula is C17H21N3O. The van der Waals surface area contributed by atoms with E-state index in [4.69, 9.17) is 4.42 Å². The largest absolute Gasteiger partial charge is 0.459 e. The van der Waals surface area contributed by atoms with Gasteiger partial charge < -0.3 is 14.3 Å². The first-order valence-electron chi connectivity index (χ1n) is 7.47. The van der Waals surface area contributed by atoms with Crippen LogP contribution in [-0.4, -0.2) is 16.1 Å². The van der Waals surface area contributed by atoms with E-state index in [9.17, 15) is 0 Å². The van der Waals surface area contributed by atoms with Crippen LogP contribution in [0.4, 0.5) is 0 Å². The van der Waals surface area contributed by atoms with Crippen molar-refractivity contribution in [3.05, 3.63) is 54.3 Å². The molecular weight excluding hydrogens is 262 g/mol. The molecule has 0 spiro atoms. The molecule has 3 aromatic rings. The number of para-hydroxylation sites is 1. The van der Waals surface area contributed by atoms with Gasteiger partial charge in [0.25, 0.3) is 0 Å². The van der Waals surface area contributed by atoms with E-state index < -0.39 is 0 Å². The Labute approximate surface area is 124 Å². The number of imidazole rings is 1. The fraction of sp³-hybridized carbons (Fsp3) is 0.353. The Kier molecular flexibility index (Phi) is 4.06. The summed E-state index contributed by atoms with van der Waals surface area (Å²) in [5.41, 5.74) is 0.943. The van der Waals surface area contributed by atoms with E-state index in [-0.39, 0.29) is 6.04 Å². The number of benzene rings is 1. The smallest absolute Gasteiger partial charge is 0.134 e. The zero-order valence-electron chi connectivity index (χ0n) is 12.5. The van der Waals surface area contributed by atoms with Gasteiger partial charge in [0.15, 0.2) is 0 Å². The summed E-state index contributed by atoms with van der Waals surface area (Å²) in [4.78, 5) is 4.29. The number of nitrogens with one attached hydrogen (secondary N) is 1. The number of rotatable bonds is 6. The molecule has 0 saturated carbocycles. The van der Waals surface area contributed by atoms with E-state index in [1.54, 1.807) is 0 Å². The molecule has 0 bridgehead atoms. The first kappa shape index (κ1) is 13.9. The minimum Gasteiger partial charge on any atom is -0.459 e. The molecule has 1 unspecified atom stereocenters. The van der Waals surface area contributed by atoms with Crippen LogP contribution in [0.3, 0.4) is 0 Å². The molecule has 0 aliphatic heterocycles. The molecule has 0 amide bonds. The summed E-state index contributed by atoms with van der Waals surface area (Å²) in [6, 6.07) is 10.4. The number of aromatic nitrogens is 2. The van der Waals surface area contributed by atoms with Crippen molar-refractivity contribution in [1.29, 1.82) is 0 Å². The van der Waals surface area contributed by atoms with Crippen molar-refractivity contribution in [1.82, 2.24) is 14.9 Å². The van der Waals surface area contributed by atoms with Crippen LogP contribution in [0.1, 0.15) is 31.0 Å². The Bertz CT molecular complexity index is 680. The zero-order chi connectivity index (χ0) is 14.7. The van der Waals surface area contributed by atoms with E-state index in [0.717, 1.165) is 42.1 Å². The van der Waals surface area contributed by atoms with Gasteiger partial charge in [-0.05, 0) is 32.0 Å². The van der Waals surface area contributed by atoms with Crippen molar-refractivity contribution in [3.63, 3.8) is 0 Å². The molecule has 0 radical (unpaired) electrons. The second-order valence-corrected chi connectivity index (χ2v) is 5.32. The van der Waals surface area contributed by atoms with Gasteiger partial charge in [-0.2, -0.15) is 0 Å². The highest BCUT2D eigenvalue weighted by Gasteiger charge is 2.17. The second-order valence-electron chi connectivity index (χ2n) is 5.32. The monoisotopic (exact) mass is 283 g/mol. The summed E-state index contributed by atoms with van der Waals surface area (Å²) in [6.07, 6.45) is 4.95. The standard InChI is InChI=1S/C17H21N3O/c1-3-8-19-15(12-20-10-9-18-13(20)2)17-11-14-6-4-5-7-16(14)21-17/h4-7,9-11,15,19H,3,8,12H2,1-2H3. The number of hydrogen-bond donors (Lipinski definition) is 1. The number of furan rings is 1. The highest BCUT2D eigenvalue weighted by Crippen LogP contribution is 2.25. The Morgan fingerprint density at radius 1 is 1.33 bits per heavy atom. The third-order valence-corrected chi connectivity index (χ3v) is 3.73. The fourth-order valence-electron chi connectivity index (χ4n) is 2.54. The second kappa shape index (κ2) is 6.14. The van der Waals surface area contributed by atoms with E-state index >= 15 is 0 Å². The molecule has 4 heteroatoms. The summed E-state index contributed by atoms with van der Waals surface area (Å²) in [7, 11) is 0. The zero-order valence-corrected chi connectivity index (χ0v) is 12.5. The number of nitrogens with zero attached hydrogens (tertiary/aromatic N) is 2. The van der Waals surface area contributed by atoms with E-state index in [0.29, 0.717) is 0 Å². The first-order chi connectivity index (χ1) is 10.3. The Hall–Kier alpha value is -2.07. The Morgan fingerprint density at radius 2 is 2.19 bits per heavy atom. The van der Waals surface area contributed by atoms with Crippen molar-refractivity contribution < 1.29 is 4.42 Å². The van der Waals surface area contributed by atoms with Crippen LogP contribution >= 0.6 is 0 Å². The molecule has 0 saturated heterocycles. The SMILES string of the molecule is CCCNC(Cn1ccnc1C)c1cc2ccccc2o1. The van der Waals surface area contributed by atoms with Crippen molar-refractivity contribution in [2.24, 2.45) is 0 Å². The van der Waals surface area contributed by atoms with Gasteiger partial charge in [-0.15, -0.1) is 0 Å². The molecule has 110 valence electrons. The van der Waals surface area contributed by atoms with Gasteiger partial charge in [0.05, 0.1) is 6.04 Å². The van der Waals surface area contributed by atoms with Crippen LogP contribution in [-0.2, 0) is 6.54 Å². The third kappa shape index (κ3) is 3.00. The molecule has 2 heterocycles. The molecule has 21 heavy (non-hydrogen) atoms. The van der Waals surface area contributed by atoms with Crippen molar-refractivity contribution >= 4 is 11.0 Å². The van der Waals surface area contributed by atoms with E-state index in [1.807, 2.05) is 37.5 Å². The lowest BCUT2D eigenvalue weighted by Crippen LogP contribution is -2.26. The lowest BCUT2D eigenvalue weighted by atomic mass is 10.2. The summed E-state index contributed by atoms with van der Waals surface area (Å²) < 4.78 is 8.17. The van der Waals surface area contributed by atoms with Crippen LogP contribution < -0.4 is 5.32 Å². The van der Waals surface area contributed by atoms with Crippen LogP contribution in [0.25, 0.3) is 11.0 Å². The van der Waals surface area contributed by atoms with Crippen molar-refractivity contribution in [2.45, 2.75) is 32.9 Å². The highest BCUT2D eigenvalue weighted by molar-refractivity contribution is 5.77. The maximum Gasteiger partial charge on any atom is 0.134 e. The minimum atomic E-state index is 0.158. The van der Waals surface area contributed by atoms with Gasteiger partial charge in [-0.3, -0.25) is 0 Å². The molecule has 0 fully saturated rings. The molecule has 1 atom stereocenters. The van der Waals surface area contributed by atoms with E-state index in [1.165, 1.54) is 0 Å². The lowest BCUT2D eigenvalue weighted by Gasteiger charge is -2.17. The van der Waals surface area contributed by atoms with Crippen LogP contribution in [0.5, 0.6) is 0 Å². The average molecular weight is 283 g/mol. The van der Waals surface area contributed by atoms with Crippen LogP contribution in [0.2, 0.25) is 0 Å². The maximum absolute atomic E-state index is 6.02. The molecule has 0 aliphatic carbocycles. The summed E-state index contributed by atoms with van der Waals surface area (Å²) in [5.74, 6) is 2.01. The van der Waals surface area contributed by atoms with Gasteiger partial charge in [0, 0.05) is 24.3 Å². The van der Waals surface area contributed by atoms with Crippen molar-refractivity contribution in [2.75, 3.05) is 6.54 Å².